The average Bonchev–Trinajstić information content (AvgIpc) is 2.60. The molecule has 1 rings (SSSR count). The molecule has 0 aliphatic rings. The van der Waals surface area contributed by atoms with E-state index in [0.29, 0.717) is 0 Å². The Morgan fingerprint density at radius 3 is 2.80 bits per heavy atom. The first-order valence-corrected chi connectivity index (χ1v) is 4.06. The van der Waals surface area contributed by atoms with Crippen LogP contribution >= 0.6 is 0 Å². The first-order valence-electron chi connectivity index (χ1n) is 4.06. The van der Waals surface area contributed by atoms with Crippen molar-refractivity contribution in [1.82, 2.24) is 14.9 Å². The number of nitrogens with zero attached hydrogens (tertiary/aromatic N) is 5. The first-order chi connectivity index (χ1) is 7.08. The molecule has 1 amide bonds. The number of carbonyl (C=O) groups is 1. The van der Waals surface area contributed by atoms with Crippen LogP contribution in [-0.2, 0) is 4.79 Å². The molecule has 0 aromatic carbocycles. The molecule has 0 fully saturated rings. The molecule has 1 heterocycles. The Labute approximate surface area is 86.6 Å². The molecule has 1 aromatic heterocycles. The fourth-order valence-electron chi connectivity index (χ4n) is 0.867. The molecule has 7 heteroatoms. The van der Waals surface area contributed by atoms with Gasteiger partial charge in [-0.3, -0.25) is 10.1 Å². The van der Waals surface area contributed by atoms with Gasteiger partial charge in [0.1, 0.15) is 6.07 Å². The minimum Gasteiger partial charge on any atom is -0.300 e. The van der Waals surface area contributed by atoms with Crippen molar-refractivity contribution in [3.05, 3.63) is 18.5 Å². The third kappa shape index (κ3) is 2.31. The van der Waals surface area contributed by atoms with E-state index in [-0.39, 0.29) is 11.8 Å². The van der Waals surface area contributed by atoms with Crippen molar-refractivity contribution in [2.75, 3.05) is 24.4 Å². The topological polar surface area (TPSA) is 86.8 Å². The molecule has 1 N–H and O–H groups in total. The van der Waals surface area contributed by atoms with Gasteiger partial charge in [-0.1, -0.05) is 6.58 Å². The number of amides is 1. The summed E-state index contributed by atoms with van der Waals surface area (Å²) in [6.07, 6.45) is 1.10. The van der Waals surface area contributed by atoms with Gasteiger partial charge in [0.25, 0.3) is 11.8 Å². The van der Waals surface area contributed by atoms with Gasteiger partial charge in [-0.15, -0.1) is 9.89 Å². The minimum atomic E-state index is -0.421. The monoisotopic (exact) mass is 206 g/mol. The second-order valence-corrected chi connectivity index (χ2v) is 2.80. The van der Waals surface area contributed by atoms with E-state index in [1.165, 1.54) is 4.79 Å². The third-order valence-electron chi connectivity index (χ3n) is 1.49. The van der Waals surface area contributed by atoms with E-state index >= 15 is 0 Å². The fraction of sp³-hybridized carbons (Fsp3) is 0.250. The second-order valence-electron chi connectivity index (χ2n) is 2.80. The second kappa shape index (κ2) is 4.23. The van der Waals surface area contributed by atoms with E-state index in [4.69, 9.17) is 5.26 Å². The van der Waals surface area contributed by atoms with Crippen LogP contribution in [0.25, 0.3) is 0 Å². The SMILES string of the molecule is C=CC(=O)Nc1nc(C#N)n(N(C)C)n1. The Bertz CT molecular complexity index is 427. The highest BCUT2D eigenvalue weighted by atomic mass is 16.1. The highest BCUT2D eigenvalue weighted by Crippen LogP contribution is 2.01. The van der Waals surface area contributed by atoms with Crippen molar-refractivity contribution < 1.29 is 4.79 Å². The van der Waals surface area contributed by atoms with Gasteiger partial charge in [0.15, 0.2) is 0 Å². The molecular weight excluding hydrogens is 196 g/mol. The van der Waals surface area contributed by atoms with Crippen LogP contribution in [0, 0.1) is 11.3 Å². The highest BCUT2D eigenvalue weighted by Gasteiger charge is 2.11. The standard InChI is InChI=1S/C8H10N6O/c1-4-7(15)11-8-10-6(5-9)14(12-8)13(2)3/h4H,1H2,2-3H3,(H,11,12,15). The molecule has 78 valence electrons. The van der Waals surface area contributed by atoms with Crippen LogP contribution in [0.2, 0.25) is 0 Å². The predicted octanol–water partition coefficient (Wildman–Crippen LogP) is -0.528. The van der Waals surface area contributed by atoms with E-state index in [1.54, 1.807) is 19.1 Å². The number of carbonyl (C=O) groups excluding carboxylic acids is 1. The molecule has 0 aliphatic heterocycles. The number of aromatic nitrogens is 3. The lowest BCUT2D eigenvalue weighted by Crippen LogP contribution is -2.27. The summed E-state index contributed by atoms with van der Waals surface area (Å²) in [6, 6.07) is 1.86. The van der Waals surface area contributed by atoms with Crippen molar-refractivity contribution in [1.29, 1.82) is 5.26 Å². The Hall–Kier alpha value is -2.36. The summed E-state index contributed by atoms with van der Waals surface area (Å²) in [7, 11) is 3.41. The van der Waals surface area contributed by atoms with Gasteiger partial charge >= 0.3 is 0 Å². The third-order valence-corrected chi connectivity index (χ3v) is 1.49. The maximum atomic E-state index is 10.9. The van der Waals surface area contributed by atoms with Crippen molar-refractivity contribution in [3.8, 4) is 6.07 Å². The number of hydrogen-bond acceptors (Lipinski definition) is 5. The van der Waals surface area contributed by atoms with Crippen molar-refractivity contribution >= 4 is 11.9 Å². The summed E-state index contributed by atoms with van der Waals surface area (Å²) in [6.45, 7) is 3.29. The zero-order valence-corrected chi connectivity index (χ0v) is 8.43. The molecule has 0 saturated heterocycles. The largest absolute Gasteiger partial charge is 0.300 e. The molecule has 0 atom stereocenters. The summed E-state index contributed by atoms with van der Waals surface area (Å²) in [5, 5.41) is 16.6. The van der Waals surface area contributed by atoms with Crippen LogP contribution in [0.1, 0.15) is 5.82 Å². The summed E-state index contributed by atoms with van der Waals surface area (Å²) < 4.78 is 0. The number of nitriles is 1. The van der Waals surface area contributed by atoms with E-state index < -0.39 is 5.91 Å². The Kier molecular flexibility index (Phi) is 3.03. The fourth-order valence-corrected chi connectivity index (χ4v) is 0.867. The number of anilines is 1. The predicted molar refractivity (Wildman–Crippen MR) is 53.6 cm³/mol. The van der Waals surface area contributed by atoms with Crippen molar-refractivity contribution in [2.45, 2.75) is 0 Å². The Balaban J connectivity index is 2.99. The van der Waals surface area contributed by atoms with Crippen LogP contribution in [0.5, 0.6) is 0 Å². The summed E-state index contributed by atoms with van der Waals surface area (Å²) in [5.41, 5.74) is 0. The lowest BCUT2D eigenvalue weighted by molar-refractivity contribution is -0.111. The quantitative estimate of drug-likeness (QED) is 0.672. The molecule has 0 spiro atoms. The molecule has 0 unspecified atom stereocenters. The normalized spacial score (nSPS) is 9.13. The molecule has 0 radical (unpaired) electrons. The lowest BCUT2D eigenvalue weighted by atomic mass is 10.6. The summed E-state index contributed by atoms with van der Waals surface area (Å²) in [5.74, 6) is -0.250. The average molecular weight is 206 g/mol. The number of nitrogens with one attached hydrogen (secondary N) is 1. The molecule has 0 bridgehead atoms. The van der Waals surface area contributed by atoms with Crippen LogP contribution in [0.4, 0.5) is 5.95 Å². The van der Waals surface area contributed by atoms with Crippen molar-refractivity contribution in [2.24, 2.45) is 0 Å². The highest BCUT2D eigenvalue weighted by molar-refractivity contribution is 5.97. The van der Waals surface area contributed by atoms with E-state index in [0.717, 1.165) is 6.08 Å². The van der Waals surface area contributed by atoms with Crippen molar-refractivity contribution in [3.63, 3.8) is 0 Å². The van der Waals surface area contributed by atoms with E-state index in [1.807, 2.05) is 6.07 Å². The smallest absolute Gasteiger partial charge is 0.253 e. The van der Waals surface area contributed by atoms with Crippen LogP contribution < -0.4 is 10.3 Å². The molecule has 0 saturated carbocycles. The molecule has 7 nitrogen and oxygen atoms in total. The van der Waals surface area contributed by atoms with Crippen LogP contribution in [0.3, 0.4) is 0 Å². The zero-order valence-electron chi connectivity index (χ0n) is 8.43. The van der Waals surface area contributed by atoms with Gasteiger partial charge in [0, 0.05) is 14.1 Å². The summed E-state index contributed by atoms with van der Waals surface area (Å²) in [4.78, 5) is 16.0. The Morgan fingerprint density at radius 2 is 2.40 bits per heavy atom. The zero-order chi connectivity index (χ0) is 11.4. The molecule has 1 aromatic rings. The van der Waals surface area contributed by atoms with Gasteiger partial charge in [0.05, 0.1) is 0 Å². The maximum Gasteiger partial charge on any atom is 0.253 e. The molecule has 15 heavy (non-hydrogen) atoms. The lowest BCUT2D eigenvalue weighted by Gasteiger charge is -2.10. The number of hydrogen-bond donors (Lipinski definition) is 1. The van der Waals surface area contributed by atoms with Gasteiger partial charge in [0.2, 0.25) is 5.91 Å². The molecular formula is C8H10N6O. The van der Waals surface area contributed by atoms with Crippen LogP contribution in [0.15, 0.2) is 12.7 Å². The van der Waals surface area contributed by atoms with E-state index in [2.05, 4.69) is 22.0 Å². The van der Waals surface area contributed by atoms with Gasteiger partial charge in [-0.2, -0.15) is 10.2 Å². The van der Waals surface area contributed by atoms with Gasteiger partial charge < -0.3 is 5.01 Å². The molecule has 0 aliphatic carbocycles. The number of rotatable bonds is 3. The summed E-state index contributed by atoms with van der Waals surface area (Å²) >= 11 is 0. The van der Waals surface area contributed by atoms with Gasteiger partial charge in [-0.25, -0.2) is 0 Å². The Morgan fingerprint density at radius 1 is 1.73 bits per heavy atom. The minimum absolute atomic E-state index is 0.0742. The first kappa shape index (κ1) is 10.7. The van der Waals surface area contributed by atoms with Crippen LogP contribution in [-0.4, -0.2) is 34.9 Å². The van der Waals surface area contributed by atoms with Gasteiger partial charge in [-0.05, 0) is 6.08 Å². The maximum absolute atomic E-state index is 10.9. The van der Waals surface area contributed by atoms with E-state index in [9.17, 15) is 4.79 Å².